The van der Waals surface area contributed by atoms with Gasteiger partial charge in [0.2, 0.25) is 5.95 Å². The number of aromatic nitrogens is 2. The van der Waals surface area contributed by atoms with E-state index in [1.807, 2.05) is 53.4 Å². The molecule has 148 valence electrons. The molecule has 0 bridgehead atoms. The Morgan fingerprint density at radius 2 is 1.73 bits per heavy atom. The first kappa shape index (κ1) is 18.3. The smallest absolute Gasteiger partial charge is 0.253 e. The van der Waals surface area contributed by atoms with Crippen molar-refractivity contribution in [2.75, 3.05) is 18.4 Å². The summed E-state index contributed by atoms with van der Waals surface area (Å²) in [6.45, 7) is 1.38. The van der Waals surface area contributed by atoms with Crippen molar-refractivity contribution in [3.8, 4) is 11.3 Å². The van der Waals surface area contributed by atoms with Gasteiger partial charge in [-0.15, -0.1) is 0 Å². The second kappa shape index (κ2) is 7.95. The summed E-state index contributed by atoms with van der Waals surface area (Å²) in [6.07, 6.45) is 2.66. The third-order valence-corrected chi connectivity index (χ3v) is 5.53. The summed E-state index contributed by atoms with van der Waals surface area (Å²) < 4.78 is 0. The third kappa shape index (κ3) is 3.74. The van der Waals surface area contributed by atoms with Gasteiger partial charge in [0.15, 0.2) is 0 Å². The summed E-state index contributed by atoms with van der Waals surface area (Å²) in [6, 6.07) is 26.2. The molecule has 1 aromatic heterocycles. The zero-order valence-electron chi connectivity index (χ0n) is 16.5. The molecule has 2 heterocycles. The summed E-state index contributed by atoms with van der Waals surface area (Å²) in [4.78, 5) is 23.7. The molecule has 1 aliphatic heterocycles. The molecule has 4 aromatic rings. The van der Waals surface area contributed by atoms with Crippen LogP contribution in [0.15, 0.2) is 85.1 Å². The van der Waals surface area contributed by atoms with Gasteiger partial charge in [-0.1, -0.05) is 54.6 Å². The van der Waals surface area contributed by atoms with E-state index >= 15 is 0 Å². The standard InChI is InChI=1S/C25H22N4O/c30-24(19-7-2-1-3-8-19)29-15-13-22(17-29)27-25-26-14-12-23(28-25)21-11-10-18-6-4-5-9-20(18)16-21/h1-12,14,16,22H,13,15,17H2,(H,26,27,28)/t22-/m0/s1. The summed E-state index contributed by atoms with van der Waals surface area (Å²) in [5, 5.41) is 5.81. The van der Waals surface area contributed by atoms with Crippen LogP contribution in [-0.2, 0) is 0 Å². The van der Waals surface area contributed by atoms with Crippen molar-refractivity contribution >= 4 is 22.6 Å². The van der Waals surface area contributed by atoms with Gasteiger partial charge in [0.05, 0.1) is 5.69 Å². The minimum atomic E-state index is 0.0748. The van der Waals surface area contributed by atoms with E-state index in [0.29, 0.717) is 12.5 Å². The highest BCUT2D eigenvalue weighted by Crippen LogP contribution is 2.24. The number of carbonyl (C=O) groups is 1. The molecule has 5 rings (SSSR count). The molecule has 1 saturated heterocycles. The number of hydrogen-bond acceptors (Lipinski definition) is 4. The van der Waals surface area contributed by atoms with Gasteiger partial charge in [-0.25, -0.2) is 9.97 Å². The van der Waals surface area contributed by atoms with Gasteiger partial charge in [-0.3, -0.25) is 4.79 Å². The molecule has 1 amide bonds. The van der Waals surface area contributed by atoms with E-state index < -0.39 is 0 Å². The Bertz CT molecular complexity index is 1190. The lowest BCUT2D eigenvalue weighted by Crippen LogP contribution is -2.31. The van der Waals surface area contributed by atoms with E-state index in [4.69, 9.17) is 4.98 Å². The van der Waals surface area contributed by atoms with Crippen molar-refractivity contribution in [2.45, 2.75) is 12.5 Å². The van der Waals surface area contributed by atoms with Crippen LogP contribution in [0.1, 0.15) is 16.8 Å². The molecule has 3 aromatic carbocycles. The van der Waals surface area contributed by atoms with E-state index in [1.54, 1.807) is 6.20 Å². The zero-order chi connectivity index (χ0) is 20.3. The SMILES string of the molecule is O=C(c1ccccc1)N1CC[C@H](Nc2nccc(-c3ccc4ccccc4c3)n2)C1. The number of anilines is 1. The number of amides is 1. The Balaban J connectivity index is 1.30. The second-order valence-corrected chi connectivity index (χ2v) is 7.57. The van der Waals surface area contributed by atoms with Crippen molar-refractivity contribution < 1.29 is 4.79 Å². The van der Waals surface area contributed by atoms with Crippen LogP contribution in [0.3, 0.4) is 0 Å². The van der Waals surface area contributed by atoms with Gasteiger partial charge < -0.3 is 10.2 Å². The molecule has 0 unspecified atom stereocenters. The van der Waals surface area contributed by atoms with Crippen LogP contribution in [0.4, 0.5) is 5.95 Å². The normalized spacial score (nSPS) is 16.0. The van der Waals surface area contributed by atoms with Gasteiger partial charge in [-0.05, 0) is 41.5 Å². The predicted molar refractivity (Wildman–Crippen MR) is 119 cm³/mol. The number of hydrogen-bond donors (Lipinski definition) is 1. The van der Waals surface area contributed by atoms with Crippen molar-refractivity contribution in [3.05, 3.63) is 90.6 Å². The molecule has 0 radical (unpaired) electrons. The first-order valence-electron chi connectivity index (χ1n) is 10.2. The van der Waals surface area contributed by atoms with Crippen LogP contribution in [0.25, 0.3) is 22.0 Å². The lowest BCUT2D eigenvalue weighted by molar-refractivity contribution is 0.0791. The fraction of sp³-hybridized carbons (Fsp3) is 0.160. The highest BCUT2D eigenvalue weighted by atomic mass is 16.2. The van der Waals surface area contributed by atoms with Gasteiger partial charge in [0, 0.05) is 36.5 Å². The quantitative estimate of drug-likeness (QED) is 0.549. The monoisotopic (exact) mass is 394 g/mol. The number of nitrogens with one attached hydrogen (secondary N) is 1. The maximum Gasteiger partial charge on any atom is 0.253 e. The highest BCUT2D eigenvalue weighted by molar-refractivity contribution is 5.94. The number of fused-ring (bicyclic) bond motifs is 1. The first-order valence-corrected chi connectivity index (χ1v) is 10.2. The van der Waals surface area contributed by atoms with E-state index in [0.717, 1.165) is 29.8 Å². The Labute approximate surface area is 175 Å². The van der Waals surface area contributed by atoms with E-state index in [2.05, 4.69) is 40.6 Å². The molecule has 0 saturated carbocycles. The Morgan fingerprint density at radius 3 is 2.60 bits per heavy atom. The van der Waals surface area contributed by atoms with E-state index in [9.17, 15) is 4.79 Å². The lowest BCUT2D eigenvalue weighted by atomic mass is 10.1. The Morgan fingerprint density at radius 1 is 0.933 bits per heavy atom. The predicted octanol–water partition coefficient (Wildman–Crippen LogP) is 4.62. The maximum atomic E-state index is 12.7. The molecule has 5 heteroatoms. The molecular formula is C25H22N4O. The molecule has 1 aliphatic rings. The Kier molecular flexibility index (Phi) is 4.85. The molecule has 5 nitrogen and oxygen atoms in total. The van der Waals surface area contributed by atoms with Crippen LogP contribution in [0, 0.1) is 0 Å². The number of benzene rings is 3. The van der Waals surface area contributed by atoms with Gasteiger partial charge in [-0.2, -0.15) is 0 Å². The van der Waals surface area contributed by atoms with Crippen molar-refractivity contribution in [1.29, 1.82) is 0 Å². The van der Waals surface area contributed by atoms with E-state index in [-0.39, 0.29) is 11.9 Å². The fourth-order valence-electron chi connectivity index (χ4n) is 3.95. The van der Waals surface area contributed by atoms with Gasteiger partial charge >= 0.3 is 0 Å². The number of nitrogens with zero attached hydrogens (tertiary/aromatic N) is 3. The topological polar surface area (TPSA) is 58.1 Å². The van der Waals surface area contributed by atoms with Crippen LogP contribution in [0.2, 0.25) is 0 Å². The molecule has 1 N–H and O–H groups in total. The molecule has 0 spiro atoms. The fourth-order valence-corrected chi connectivity index (χ4v) is 3.95. The van der Waals surface area contributed by atoms with Gasteiger partial charge in [0.1, 0.15) is 0 Å². The lowest BCUT2D eigenvalue weighted by Gasteiger charge is -2.17. The summed E-state index contributed by atoms with van der Waals surface area (Å²) >= 11 is 0. The largest absolute Gasteiger partial charge is 0.350 e. The van der Waals surface area contributed by atoms with Crippen LogP contribution < -0.4 is 5.32 Å². The Hall–Kier alpha value is -3.73. The van der Waals surface area contributed by atoms with Crippen molar-refractivity contribution in [2.24, 2.45) is 0 Å². The minimum absolute atomic E-state index is 0.0748. The number of likely N-dealkylation sites (tertiary alicyclic amines) is 1. The van der Waals surface area contributed by atoms with E-state index in [1.165, 1.54) is 10.8 Å². The zero-order valence-corrected chi connectivity index (χ0v) is 16.5. The first-order chi connectivity index (χ1) is 14.8. The van der Waals surface area contributed by atoms with Gasteiger partial charge in [0.25, 0.3) is 5.91 Å². The molecule has 0 aliphatic carbocycles. The molecular weight excluding hydrogens is 372 g/mol. The minimum Gasteiger partial charge on any atom is -0.350 e. The third-order valence-electron chi connectivity index (χ3n) is 5.53. The van der Waals surface area contributed by atoms with Crippen molar-refractivity contribution in [3.63, 3.8) is 0 Å². The number of carbonyl (C=O) groups excluding carboxylic acids is 1. The molecule has 30 heavy (non-hydrogen) atoms. The van der Waals surface area contributed by atoms with Crippen LogP contribution in [0.5, 0.6) is 0 Å². The second-order valence-electron chi connectivity index (χ2n) is 7.57. The summed E-state index contributed by atoms with van der Waals surface area (Å²) in [7, 11) is 0. The molecule has 1 atom stereocenters. The van der Waals surface area contributed by atoms with Crippen molar-refractivity contribution in [1.82, 2.24) is 14.9 Å². The van der Waals surface area contributed by atoms with Crippen LogP contribution in [-0.4, -0.2) is 39.9 Å². The van der Waals surface area contributed by atoms with Crippen LogP contribution >= 0.6 is 0 Å². The highest BCUT2D eigenvalue weighted by Gasteiger charge is 2.27. The average Bonchev–Trinajstić information content (AvgIpc) is 3.27. The summed E-state index contributed by atoms with van der Waals surface area (Å²) in [5.41, 5.74) is 2.67. The number of rotatable bonds is 4. The average molecular weight is 394 g/mol. The summed E-state index contributed by atoms with van der Waals surface area (Å²) in [5.74, 6) is 0.672. The molecule has 1 fully saturated rings. The maximum absolute atomic E-state index is 12.7.